The van der Waals surface area contributed by atoms with E-state index in [4.69, 9.17) is 15.7 Å². The number of nitrogens with two attached hydrogens (primary N) is 1. The topological polar surface area (TPSA) is 59.0 Å². The third-order valence-corrected chi connectivity index (χ3v) is 4.39. The molecule has 0 bridgehead atoms. The molecule has 0 saturated heterocycles. The van der Waals surface area contributed by atoms with Gasteiger partial charge in [-0.1, -0.05) is 22.0 Å². The normalized spacial score (nSPS) is 10.1. The van der Waals surface area contributed by atoms with E-state index in [0.717, 1.165) is 26.4 Å². The van der Waals surface area contributed by atoms with Gasteiger partial charge in [-0.05, 0) is 35.9 Å². The van der Waals surface area contributed by atoms with Crippen LogP contribution in [-0.2, 0) is 5.75 Å². The molecule has 0 atom stereocenters. The molecule has 2 N–H and O–H groups in total. The lowest BCUT2D eigenvalue weighted by molar-refractivity contribution is 0.413. The van der Waals surface area contributed by atoms with E-state index in [-0.39, 0.29) is 0 Å². The van der Waals surface area contributed by atoms with E-state index in [0.29, 0.717) is 11.3 Å². The molecule has 0 saturated carbocycles. The molecule has 102 valence electrons. The average Bonchev–Trinajstić information content (AvgIpc) is 2.47. The molecule has 0 unspecified atom stereocenters. The van der Waals surface area contributed by atoms with Crippen LogP contribution in [0.25, 0.3) is 0 Å². The monoisotopic (exact) mass is 348 g/mol. The summed E-state index contributed by atoms with van der Waals surface area (Å²) in [6.07, 6.45) is 0. The van der Waals surface area contributed by atoms with Crippen molar-refractivity contribution in [3.05, 3.63) is 52.0 Å². The van der Waals surface area contributed by atoms with E-state index in [9.17, 15) is 0 Å². The molecule has 2 aromatic carbocycles. The van der Waals surface area contributed by atoms with E-state index in [1.54, 1.807) is 24.9 Å². The Balaban J connectivity index is 2.15. The lowest BCUT2D eigenvalue weighted by Crippen LogP contribution is -1.91. The summed E-state index contributed by atoms with van der Waals surface area (Å²) < 4.78 is 6.21. The van der Waals surface area contributed by atoms with Crippen molar-refractivity contribution in [2.75, 3.05) is 12.8 Å². The van der Waals surface area contributed by atoms with Crippen LogP contribution in [0, 0.1) is 11.3 Å². The van der Waals surface area contributed by atoms with Gasteiger partial charge in [-0.15, -0.1) is 11.8 Å². The molecule has 0 spiro atoms. The van der Waals surface area contributed by atoms with Crippen LogP contribution >= 0.6 is 27.7 Å². The fourth-order valence-corrected chi connectivity index (χ4v) is 3.17. The summed E-state index contributed by atoms with van der Waals surface area (Å²) in [6, 6.07) is 13.5. The van der Waals surface area contributed by atoms with Gasteiger partial charge in [0, 0.05) is 20.8 Å². The molecule has 20 heavy (non-hydrogen) atoms. The van der Waals surface area contributed by atoms with Gasteiger partial charge in [0.1, 0.15) is 11.8 Å². The van der Waals surface area contributed by atoms with E-state index in [2.05, 4.69) is 22.0 Å². The molecule has 5 heteroatoms. The highest BCUT2D eigenvalue weighted by Gasteiger charge is 2.06. The van der Waals surface area contributed by atoms with E-state index in [1.165, 1.54) is 0 Å². The first-order chi connectivity index (χ1) is 9.63. The molecule has 0 heterocycles. The third-order valence-electron chi connectivity index (χ3n) is 2.76. The Morgan fingerprint density at radius 2 is 2.10 bits per heavy atom. The first-order valence-corrected chi connectivity index (χ1v) is 7.66. The van der Waals surface area contributed by atoms with Crippen LogP contribution in [0.1, 0.15) is 11.1 Å². The number of methoxy groups -OCH3 is 1. The summed E-state index contributed by atoms with van der Waals surface area (Å²) in [5.41, 5.74) is 8.34. The van der Waals surface area contributed by atoms with Crippen molar-refractivity contribution >= 4 is 33.4 Å². The van der Waals surface area contributed by atoms with Gasteiger partial charge in [-0.2, -0.15) is 5.26 Å². The zero-order valence-electron chi connectivity index (χ0n) is 10.9. The van der Waals surface area contributed by atoms with E-state index < -0.39 is 0 Å². The first kappa shape index (κ1) is 14.8. The van der Waals surface area contributed by atoms with Crippen LogP contribution in [0.5, 0.6) is 5.75 Å². The van der Waals surface area contributed by atoms with Crippen molar-refractivity contribution in [1.82, 2.24) is 0 Å². The molecule has 0 aliphatic rings. The smallest absolute Gasteiger partial charge is 0.136 e. The number of nitrogens with zero attached hydrogens (tertiary/aromatic N) is 1. The Bertz CT molecular complexity index is 667. The average molecular weight is 349 g/mol. The molecule has 3 nitrogen and oxygen atoms in total. The van der Waals surface area contributed by atoms with Crippen LogP contribution in [0.4, 0.5) is 5.69 Å². The molecule has 0 amide bonds. The summed E-state index contributed by atoms with van der Waals surface area (Å²) in [6.45, 7) is 0. The van der Waals surface area contributed by atoms with Crippen molar-refractivity contribution < 1.29 is 4.74 Å². The second kappa shape index (κ2) is 6.69. The van der Waals surface area contributed by atoms with Crippen molar-refractivity contribution in [1.29, 1.82) is 5.26 Å². The zero-order valence-corrected chi connectivity index (χ0v) is 13.3. The molecule has 2 rings (SSSR count). The van der Waals surface area contributed by atoms with Gasteiger partial charge in [0.2, 0.25) is 0 Å². The number of hydrogen-bond donors (Lipinski definition) is 1. The summed E-state index contributed by atoms with van der Waals surface area (Å²) in [4.78, 5) is 1.03. The fourth-order valence-electron chi connectivity index (χ4n) is 1.71. The maximum absolute atomic E-state index is 8.96. The number of nitrogen functional groups attached to an aromatic ring is 1. The minimum atomic E-state index is 0.545. The van der Waals surface area contributed by atoms with Crippen LogP contribution in [0.2, 0.25) is 0 Å². The quantitative estimate of drug-likeness (QED) is 0.664. The number of rotatable bonds is 4. The molecule has 0 aromatic heterocycles. The van der Waals surface area contributed by atoms with Gasteiger partial charge < -0.3 is 10.5 Å². The molecule has 0 aliphatic carbocycles. The maximum Gasteiger partial charge on any atom is 0.136 e. The molecule has 2 aromatic rings. The third kappa shape index (κ3) is 3.47. The van der Waals surface area contributed by atoms with Crippen molar-refractivity contribution in [2.24, 2.45) is 0 Å². The van der Waals surface area contributed by atoms with Gasteiger partial charge in [0.25, 0.3) is 0 Å². The van der Waals surface area contributed by atoms with Gasteiger partial charge >= 0.3 is 0 Å². The Morgan fingerprint density at radius 3 is 2.80 bits per heavy atom. The highest BCUT2D eigenvalue weighted by atomic mass is 79.9. The Kier molecular flexibility index (Phi) is 4.94. The van der Waals surface area contributed by atoms with E-state index in [1.807, 2.05) is 30.3 Å². The van der Waals surface area contributed by atoms with E-state index >= 15 is 0 Å². The summed E-state index contributed by atoms with van der Waals surface area (Å²) in [7, 11) is 1.57. The van der Waals surface area contributed by atoms with Crippen LogP contribution in [-0.4, -0.2) is 7.11 Å². The lowest BCUT2D eigenvalue weighted by Gasteiger charge is -2.08. The standard InChI is InChI=1S/C15H13BrN2OS/c1-19-14-6-10(2-3-11(14)8-17)9-20-15-7-12(16)4-5-13(15)18/h2-7H,9,18H2,1H3. The van der Waals surface area contributed by atoms with Gasteiger partial charge in [0.05, 0.1) is 12.7 Å². The summed E-state index contributed by atoms with van der Waals surface area (Å²) in [5, 5.41) is 8.96. The molecular weight excluding hydrogens is 336 g/mol. The predicted molar refractivity (Wildman–Crippen MR) is 85.8 cm³/mol. The van der Waals surface area contributed by atoms with Gasteiger partial charge in [-0.25, -0.2) is 0 Å². The summed E-state index contributed by atoms with van der Waals surface area (Å²) >= 11 is 5.09. The molecule has 0 aliphatic heterocycles. The minimum Gasteiger partial charge on any atom is -0.495 e. The number of benzene rings is 2. The highest BCUT2D eigenvalue weighted by molar-refractivity contribution is 9.10. The highest BCUT2D eigenvalue weighted by Crippen LogP contribution is 2.31. The summed E-state index contributed by atoms with van der Waals surface area (Å²) in [5.74, 6) is 1.37. The largest absolute Gasteiger partial charge is 0.495 e. The number of anilines is 1. The number of hydrogen-bond acceptors (Lipinski definition) is 4. The van der Waals surface area contributed by atoms with Crippen molar-refractivity contribution in [2.45, 2.75) is 10.6 Å². The Hall–Kier alpha value is -1.64. The minimum absolute atomic E-state index is 0.545. The maximum atomic E-state index is 8.96. The number of nitriles is 1. The number of thioether (sulfide) groups is 1. The Labute approximate surface area is 130 Å². The predicted octanol–water partition coefficient (Wildman–Crippen LogP) is 4.20. The van der Waals surface area contributed by atoms with Crippen LogP contribution in [0.15, 0.2) is 45.8 Å². The molecule has 0 radical (unpaired) electrons. The fraction of sp³-hybridized carbons (Fsp3) is 0.133. The van der Waals surface area contributed by atoms with Crippen molar-refractivity contribution in [3.63, 3.8) is 0 Å². The van der Waals surface area contributed by atoms with Crippen LogP contribution in [0.3, 0.4) is 0 Å². The first-order valence-electron chi connectivity index (χ1n) is 5.89. The number of halogens is 1. The van der Waals surface area contributed by atoms with Crippen LogP contribution < -0.4 is 10.5 Å². The number of ether oxygens (including phenoxy) is 1. The second-order valence-electron chi connectivity index (χ2n) is 4.12. The molecular formula is C15H13BrN2OS. The molecule has 0 fully saturated rings. The zero-order chi connectivity index (χ0) is 14.5. The SMILES string of the molecule is COc1cc(CSc2cc(Br)ccc2N)ccc1C#N. The lowest BCUT2D eigenvalue weighted by atomic mass is 10.1. The van der Waals surface area contributed by atoms with Gasteiger partial charge in [0.15, 0.2) is 0 Å². The van der Waals surface area contributed by atoms with Crippen molar-refractivity contribution in [3.8, 4) is 11.8 Å². The second-order valence-corrected chi connectivity index (χ2v) is 6.05. The Morgan fingerprint density at radius 1 is 1.30 bits per heavy atom. The van der Waals surface area contributed by atoms with Gasteiger partial charge in [-0.3, -0.25) is 0 Å².